The van der Waals surface area contributed by atoms with E-state index >= 15 is 0 Å². The maximum Gasteiger partial charge on any atom is 0.345 e. The minimum Gasteiger partial charge on any atom is -0.422 e. The number of para-hydroxylation sites is 1. The zero-order valence-electron chi connectivity index (χ0n) is 12.4. The Labute approximate surface area is 135 Å². The minimum atomic E-state index is -0.256. The van der Waals surface area contributed by atoms with Crippen molar-refractivity contribution >= 4 is 53.9 Å². The highest BCUT2D eigenvalue weighted by Gasteiger charge is 2.16. The Morgan fingerprint density at radius 3 is 2.65 bits per heavy atom. The molecule has 2 heterocycles. The van der Waals surface area contributed by atoms with Gasteiger partial charge in [-0.05, 0) is 35.2 Å². The summed E-state index contributed by atoms with van der Waals surface area (Å²) in [5.74, 6) is 0. The van der Waals surface area contributed by atoms with Crippen molar-refractivity contribution in [3.8, 4) is 0 Å². The molecule has 0 saturated carbocycles. The van der Waals surface area contributed by atoms with E-state index in [0.717, 1.165) is 26.2 Å². The zero-order valence-corrected chi connectivity index (χ0v) is 13.2. The van der Waals surface area contributed by atoms with Crippen molar-refractivity contribution in [2.24, 2.45) is 0 Å². The summed E-state index contributed by atoms with van der Waals surface area (Å²) in [7, 11) is 0. The van der Waals surface area contributed by atoms with Crippen molar-refractivity contribution in [1.29, 1.82) is 0 Å². The van der Waals surface area contributed by atoms with E-state index in [0.29, 0.717) is 11.0 Å². The molecule has 23 heavy (non-hydrogen) atoms. The number of aryl methyl sites for hydroxylation is 1. The van der Waals surface area contributed by atoms with Crippen molar-refractivity contribution in [2.75, 3.05) is 0 Å². The van der Waals surface area contributed by atoms with Crippen LogP contribution in [-0.4, -0.2) is 0 Å². The van der Waals surface area contributed by atoms with Crippen molar-refractivity contribution in [2.45, 2.75) is 6.92 Å². The fourth-order valence-corrected chi connectivity index (χ4v) is 4.40. The van der Waals surface area contributed by atoms with E-state index in [1.807, 2.05) is 29.6 Å². The van der Waals surface area contributed by atoms with Gasteiger partial charge in [-0.3, -0.25) is 0 Å². The standard InChI is InChI=1S/C20H12O2S/c1-11-6-7-12-15(10-11)13-8-9-23-19(13)18-17(12)14-4-2-3-5-16(14)22-20(18)21/h2-10H,1H3. The topological polar surface area (TPSA) is 30.2 Å². The molecule has 0 aliphatic rings. The quantitative estimate of drug-likeness (QED) is 0.274. The van der Waals surface area contributed by atoms with Gasteiger partial charge in [0, 0.05) is 16.2 Å². The third kappa shape index (κ3) is 1.65. The largest absolute Gasteiger partial charge is 0.422 e. The van der Waals surface area contributed by atoms with Crippen LogP contribution in [0.1, 0.15) is 5.56 Å². The van der Waals surface area contributed by atoms with E-state index in [2.05, 4.69) is 31.2 Å². The molecule has 0 saturated heterocycles. The Morgan fingerprint density at radius 1 is 0.870 bits per heavy atom. The molecule has 0 spiro atoms. The van der Waals surface area contributed by atoms with Crippen LogP contribution in [0.4, 0.5) is 0 Å². The molecule has 0 amide bonds. The van der Waals surface area contributed by atoms with E-state index in [9.17, 15) is 4.79 Å². The fraction of sp³-hybridized carbons (Fsp3) is 0.0500. The first kappa shape index (κ1) is 12.9. The summed E-state index contributed by atoms with van der Waals surface area (Å²) in [4.78, 5) is 12.7. The third-order valence-corrected chi connectivity index (χ3v) is 5.37. The molecule has 0 atom stereocenters. The van der Waals surface area contributed by atoms with E-state index in [4.69, 9.17) is 4.42 Å². The highest BCUT2D eigenvalue weighted by molar-refractivity contribution is 7.18. The normalized spacial score (nSPS) is 11.9. The van der Waals surface area contributed by atoms with Crippen LogP contribution in [-0.2, 0) is 0 Å². The molecular weight excluding hydrogens is 304 g/mol. The first-order valence-electron chi connectivity index (χ1n) is 7.49. The van der Waals surface area contributed by atoms with Crippen LogP contribution in [0, 0.1) is 6.92 Å². The molecule has 0 aliphatic heterocycles. The number of hydrogen-bond acceptors (Lipinski definition) is 3. The number of thiophene rings is 1. The van der Waals surface area contributed by atoms with Crippen LogP contribution in [0.3, 0.4) is 0 Å². The maximum atomic E-state index is 12.7. The smallest absolute Gasteiger partial charge is 0.345 e. The van der Waals surface area contributed by atoms with E-state index < -0.39 is 0 Å². The molecule has 2 nitrogen and oxygen atoms in total. The molecule has 0 radical (unpaired) electrons. The average molecular weight is 316 g/mol. The average Bonchev–Trinajstić information content (AvgIpc) is 3.04. The lowest BCUT2D eigenvalue weighted by molar-refractivity contribution is 0.570. The van der Waals surface area contributed by atoms with Crippen LogP contribution in [0.15, 0.2) is 63.1 Å². The molecule has 110 valence electrons. The summed E-state index contributed by atoms with van der Waals surface area (Å²) in [6, 6.07) is 16.3. The minimum absolute atomic E-state index is 0.256. The second kappa shape index (κ2) is 4.43. The van der Waals surface area contributed by atoms with Gasteiger partial charge in [0.2, 0.25) is 0 Å². The summed E-state index contributed by atoms with van der Waals surface area (Å²) in [5.41, 5.74) is 1.60. The molecule has 0 N–H and O–H groups in total. The second-order valence-corrected chi connectivity index (χ2v) is 6.76. The number of benzene rings is 3. The zero-order chi connectivity index (χ0) is 15.6. The van der Waals surface area contributed by atoms with Gasteiger partial charge in [-0.25, -0.2) is 4.79 Å². The lowest BCUT2D eigenvalue weighted by Crippen LogP contribution is -2.00. The first-order chi connectivity index (χ1) is 11.2. The van der Waals surface area contributed by atoms with E-state index in [1.165, 1.54) is 10.9 Å². The summed E-state index contributed by atoms with van der Waals surface area (Å²) < 4.78 is 6.59. The Kier molecular flexibility index (Phi) is 2.48. The van der Waals surface area contributed by atoms with Gasteiger partial charge in [0.15, 0.2) is 0 Å². The van der Waals surface area contributed by atoms with Crippen molar-refractivity contribution < 1.29 is 4.42 Å². The summed E-state index contributed by atoms with van der Waals surface area (Å²) in [6.45, 7) is 2.10. The number of fused-ring (bicyclic) bond motifs is 8. The highest BCUT2D eigenvalue weighted by atomic mass is 32.1. The Balaban J connectivity index is 2.28. The van der Waals surface area contributed by atoms with Crippen molar-refractivity contribution in [3.63, 3.8) is 0 Å². The molecule has 5 aromatic rings. The van der Waals surface area contributed by atoms with Gasteiger partial charge in [0.05, 0.1) is 10.1 Å². The molecular formula is C20H12O2S. The van der Waals surface area contributed by atoms with Gasteiger partial charge in [0.25, 0.3) is 0 Å². The van der Waals surface area contributed by atoms with Crippen LogP contribution in [0.2, 0.25) is 0 Å². The van der Waals surface area contributed by atoms with Crippen LogP contribution in [0.25, 0.3) is 42.6 Å². The molecule has 3 heteroatoms. The number of hydrogen-bond donors (Lipinski definition) is 0. The molecule has 0 aliphatic carbocycles. The molecule has 0 bridgehead atoms. The third-order valence-electron chi connectivity index (χ3n) is 4.44. The van der Waals surface area contributed by atoms with E-state index in [-0.39, 0.29) is 5.63 Å². The van der Waals surface area contributed by atoms with Gasteiger partial charge in [0.1, 0.15) is 5.58 Å². The molecule has 3 aromatic carbocycles. The predicted octanol–water partition coefficient (Wildman–Crippen LogP) is 5.62. The van der Waals surface area contributed by atoms with Crippen molar-refractivity contribution in [3.05, 3.63) is 69.9 Å². The Bertz CT molecular complexity index is 1290. The monoisotopic (exact) mass is 316 g/mol. The highest BCUT2D eigenvalue weighted by Crippen LogP contribution is 2.39. The molecule has 5 rings (SSSR count). The summed E-state index contributed by atoms with van der Waals surface area (Å²) in [5, 5.41) is 8.17. The van der Waals surface area contributed by atoms with Gasteiger partial charge >= 0.3 is 5.63 Å². The predicted molar refractivity (Wildman–Crippen MR) is 97.6 cm³/mol. The van der Waals surface area contributed by atoms with Gasteiger partial charge in [-0.15, -0.1) is 11.3 Å². The van der Waals surface area contributed by atoms with Crippen LogP contribution < -0.4 is 5.63 Å². The van der Waals surface area contributed by atoms with Crippen LogP contribution >= 0.6 is 11.3 Å². The van der Waals surface area contributed by atoms with Crippen LogP contribution in [0.5, 0.6) is 0 Å². The maximum absolute atomic E-state index is 12.7. The Morgan fingerprint density at radius 2 is 1.74 bits per heavy atom. The molecule has 0 fully saturated rings. The fourth-order valence-electron chi connectivity index (χ4n) is 3.45. The van der Waals surface area contributed by atoms with Gasteiger partial charge < -0.3 is 4.42 Å². The lowest BCUT2D eigenvalue weighted by Gasteiger charge is -2.09. The molecule has 2 aromatic heterocycles. The summed E-state index contributed by atoms with van der Waals surface area (Å²) >= 11 is 1.60. The SMILES string of the molecule is Cc1ccc2c(c1)c1ccsc1c1c(=O)oc3ccccc3c21. The van der Waals surface area contributed by atoms with Gasteiger partial charge in [-0.1, -0.05) is 42.0 Å². The molecule has 0 unspecified atom stereocenters. The summed E-state index contributed by atoms with van der Waals surface area (Å²) in [6.07, 6.45) is 0. The Hall–Kier alpha value is -2.65. The lowest BCUT2D eigenvalue weighted by atomic mass is 9.96. The first-order valence-corrected chi connectivity index (χ1v) is 8.37. The number of rotatable bonds is 0. The van der Waals surface area contributed by atoms with Gasteiger partial charge in [-0.2, -0.15) is 0 Å². The second-order valence-electron chi connectivity index (χ2n) is 5.85. The van der Waals surface area contributed by atoms with Crippen molar-refractivity contribution in [1.82, 2.24) is 0 Å². The van der Waals surface area contributed by atoms with E-state index in [1.54, 1.807) is 11.3 Å².